The molecule has 0 fully saturated rings. The van der Waals surface area contributed by atoms with Gasteiger partial charge in [0.25, 0.3) is 11.8 Å². The van der Waals surface area contributed by atoms with Crippen LogP contribution in [0.25, 0.3) is 56.5 Å². The van der Waals surface area contributed by atoms with Crippen molar-refractivity contribution in [3.8, 4) is 39.0 Å². The molecule has 4 aliphatic rings. The molecule has 0 aliphatic carbocycles. The molecule has 2 amide bonds. The molecule has 4 aliphatic heterocycles. The van der Waals surface area contributed by atoms with Crippen LogP contribution in [-0.2, 0) is 16.0 Å². The highest BCUT2D eigenvalue weighted by Gasteiger charge is 2.51. The number of nitrogens with zero attached hydrogens (tertiary/aromatic N) is 2. The molecule has 10 heteroatoms. The number of carbonyl (C=O) groups is 2. The second-order valence-corrected chi connectivity index (χ2v) is 17.0. The Morgan fingerprint density at radius 1 is 0.591 bits per heavy atom. The summed E-state index contributed by atoms with van der Waals surface area (Å²) in [6.45, 7) is 0.592. The minimum Gasteiger partial charge on any atom is -0.306 e. The SMILES string of the molecule is O=C1C2=C3c4sc(-c5ccc(-c6cccs6)s5)cc4CCN3C(=O)C2=C2c3sc(-c4ccc(-c5cccs5)s4)cc3C=CN12. The molecule has 0 saturated carbocycles. The maximum Gasteiger partial charge on any atom is 0.265 e. The van der Waals surface area contributed by atoms with Crippen LogP contribution in [0.5, 0.6) is 0 Å². The zero-order chi connectivity index (χ0) is 29.1. The second kappa shape index (κ2) is 9.43. The van der Waals surface area contributed by atoms with Gasteiger partial charge in [0.05, 0.1) is 32.3 Å². The maximum absolute atomic E-state index is 14.1. The molecular weight excluding hydrogens is 661 g/mol. The van der Waals surface area contributed by atoms with E-state index in [4.69, 9.17) is 0 Å². The predicted octanol–water partition coefficient (Wildman–Crippen LogP) is 10.1. The summed E-state index contributed by atoms with van der Waals surface area (Å²) in [7, 11) is 0. The first-order chi connectivity index (χ1) is 21.6. The molecule has 0 N–H and O–H groups in total. The predicted molar refractivity (Wildman–Crippen MR) is 187 cm³/mol. The fourth-order valence-electron chi connectivity index (χ4n) is 6.38. The summed E-state index contributed by atoms with van der Waals surface area (Å²) in [6.07, 6.45) is 4.65. The molecule has 0 radical (unpaired) electrons. The van der Waals surface area contributed by atoms with Crippen molar-refractivity contribution >= 4 is 97.3 Å². The summed E-state index contributed by atoms with van der Waals surface area (Å²) in [5, 5.41) is 4.21. The molecule has 0 unspecified atom stereocenters. The highest BCUT2D eigenvalue weighted by Crippen LogP contribution is 2.55. The molecule has 212 valence electrons. The van der Waals surface area contributed by atoms with Gasteiger partial charge < -0.3 is 4.90 Å². The van der Waals surface area contributed by atoms with Gasteiger partial charge in [-0.3, -0.25) is 14.5 Å². The zero-order valence-corrected chi connectivity index (χ0v) is 27.6. The Labute approximate surface area is 276 Å². The Balaban J connectivity index is 1.08. The number of hydrogen-bond acceptors (Lipinski definition) is 8. The van der Waals surface area contributed by atoms with E-state index in [0.717, 1.165) is 38.0 Å². The number of carbonyl (C=O) groups excluding carboxylic acids is 2. The van der Waals surface area contributed by atoms with E-state index >= 15 is 0 Å². The van der Waals surface area contributed by atoms with Gasteiger partial charge in [0.1, 0.15) is 0 Å². The van der Waals surface area contributed by atoms with Gasteiger partial charge in [-0.1, -0.05) is 12.1 Å². The first-order valence-corrected chi connectivity index (χ1v) is 19.0. The molecule has 0 spiro atoms. The van der Waals surface area contributed by atoms with Gasteiger partial charge in [-0.15, -0.1) is 68.0 Å². The average Bonchev–Trinajstić information content (AvgIpc) is 3.88. The first kappa shape index (κ1) is 25.7. The summed E-state index contributed by atoms with van der Waals surface area (Å²) < 4.78 is 0. The van der Waals surface area contributed by atoms with Crippen LogP contribution in [0.4, 0.5) is 0 Å². The molecule has 10 rings (SSSR count). The van der Waals surface area contributed by atoms with Gasteiger partial charge >= 0.3 is 0 Å². The molecule has 6 aromatic heterocycles. The maximum atomic E-state index is 14.1. The second-order valence-electron chi connectivity index (χ2n) is 10.8. The van der Waals surface area contributed by atoms with Crippen LogP contribution in [0.3, 0.4) is 0 Å². The smallest absolute Gasteiger partial charge is 0.265 e. The normalized spacial score (nSPS) is 16.6. The van der Waals surface area contributed by atoms with Crippen molar-refractivity contribution in [3.05, 3.63) is 110 Å². The Morgan fingerprint density at radius 3 is 1.86 bits per heavy atom. The van der Waals surface area contributed by atoms with Crippen LogP contribution in [-0.4, -0.2) is 28.2 Å². The molecule has 44 heavy (non-hydrogen) atoms. The van der Waals surface area contributed by atoms with Crippen LogP contribution in [0.1, 0.15) is 20.9 Å². The van der Waals surface area contributed by atoms with Crippen molar-refractivity contribution < 1.29 is 9.59 Å². The van der Waals surface area contributed by atoms with Gasteiger partial charge in [-0.2, -0.15) is 0 Å². The highest BCUT2D eigenvalue weighted by molar-refractivity contribution is 7.27. The summed E-state index contributed by atoms with van der Waals surface area (Å²) in [5.41, 5.74) is 4.96. The van der Waals surface area contributed by atoms with Gasteiger partial charge in [0, 0.05) is 51.8 Å². The highest BCUT2D eigenvalue weighted by atomic mass is 32.1. The number of fused-ring (bicyclic) bond motifs is 7. The lowest BCUT2D eigenvalue weighted by molar-refractivity contribution is -0.123. The molecule has 10 heterocycles. The van der Waals surface area contributed by atoms with E-state index in [1.54, 1.807) is 72.9 Å². The monoisotopic (exact) mass is 678 g/mol. The third-order valence-electron chi connectivity index (χ3n) is 8.36. The fourth-order valence-corrected chi connectivity index (χ4v) is 12.7. The quantitative estimate of drug-likeness (QED) is 0.186. The standard InChI is InChI=1S/C34H18N2O2S6/c37-33-27-28(30-32-18(10-12-36(30)33)16-26(44-32)24-8-6-22(42-24)20-4-2-14-40-20)34(38)35-11-9-17-15-25(43-31(17)29(27)35)23-7-5-21(41-23)19-3-1-13-39-19/h1-9,11,13-16H,10,12H2. The van der Waals surface area contributed by atoms with Gasteiger partial charge in [0.15, 0.2) is 0 Å². The number of thiophene rings is 6. The van der Waals surface area contributed by atoms with Crippen molar-refractivity contribution in [3.63, 3.8) is 0 Å². The molecule has 0 aromatic carbocycles. The molecule has 4 nitrogen and oxygen atoms in total. The van der Waals surface area contributed by atoms with E-state index in [0.29, 0.717) is 17.7 Å². The van der Waals surface area contributed by atoms with Crippen molar-refractivity contribution in [1.82, 2.24) is 9.80 Å². The van der Waals surface area contributed by atoms with Gasteiger partial charge in [-0.25, -0.2) is 0 Å². The number of amides is 2. The molecule has 6 aromatic rings. The zero-order valence-electron chi connectivity index (χ0n) is 22.7. The van der Waals surface area contributed by atoms with Crippen LogP contribution < -0.4 is 0 Å². The lowest BCUT2D eigenvalue weighted by atomic mass is 10.0. The number of rotatable bonds is 4. The molecule has 0 bridgehead atoms. The van der Waals surface area contributed by atoms with Crippen LogP contribution >= 0.6 is 68.0 Å². The van der Waals surface area contributed by atoms with Crippen molar-refractivity contribution in [1.29, 1.82) is 0 Å². The van der Waals surface area contributed by atoms with Crippen molar-refractivity contribution in [2.24, 2.45) is 0 Å². The van der Waals surface area contributed by atoms with Crippen LogP contribution in [0, 0.1) is 0 Å². The minimum absolute atomic E-state index is 0.0511. The summed E-state index contributed by atoms with van der Waals surface area (Å²) >= 11 is 10.5. The topological polar surface area (TPSA) is 40.6 Å². The van der Waals surface area contributed by atoms with E-state index in [9.17, 15) is 9.59 Å². The Kier molecular flexibility index (Phi) is 5.50. The summed E-state index contributed by atoms with van der Waals surface area (Å²) in [4.78, 5) is 43.6. The van der Waals surface area contributed by atoms with E-state index in [-0.39, 0.29) is 11.8 Å². The van der Waals surface area contributed by atoms with E-state index in [1.807, 2.05) is 17.2 Å². The molecule has 0 atom stereocenters. The minimum atomic E-state index is -0.104. The van der Waals surface area contributed by atoms with Crippen molar-refractivity contribution in [2.45, 2.75) is 6.42 Å². The lowest BCUT2D eigenvalue weighted by Crippen LogP contribution is -2.32. The van der Waals surface area contributed by atoms with Crippen LogP contribution in [0.2, 0.25) is 0 Å². The Hall–Kier alpha value is -3.64. The summed E-state index contributed by atoms with van der Waals surface area (Å²) in [5.74, 6) is -0.155. The van der Waals surface area contributed by atoms with E-state index in [2.05, 4.69) is 71.4 Å². The molecular formula is C34H18N2O2S6. The first-order valence-electron chi connectivity index (χ1n) is 14.0. The van der Waals surface area contributed by atoms with Gasteiger partial charge in [0.2, 0.25) is 0 Å². The third-order valence-corrected chi connectivity index (χ3v) is 15.4. The summed E-state index contributed by atoms with van der Waals surface area (Å²) in [6, 6.07) is 21.7. The average molecular weight is 679 g/mol. The largest absolute Gasteiger partial charge is 0.306 e. The third kappa shape index (κ3) is 3.58. The van der Waals surface area contributed by atoms with Crippen LogP contribution in [0.15, 0.2) is 88.8 Å². The molecule has 0 saturated heterocycles. The van der Waals surface area contributed by atoms with E-state index in [1.165, 1.54) is 39.7 Å². The Morgan fingerprint density at radius 2 is 1.20 bits per heavy atom. The van der Waals surface area contributed by atoms with E-state index < -0.39 is 0 Å². The lowest BCUT2D eigenvalue weighted by Gasteiger charge is -2.27. The Bertz CT molecular complexity index is 2280. The van der Waals surface area contributed by atoms with Crippen molar-refractivity contribution in [2.75, 3.05) is 6.54 Å². The number of hydrogen-bond donors (Lipinski definition) is 0. The fraction of sp³-hybridized carbons (Fsp3) is 0.0588. The van der Waals surface area contributed by atoms with Gasteiger partial charge in [-0.05, 0) is 82.9 Å².